The van der Waals surface area contributed by atoms with Gasteiger partial charge in [-0.2, -0.15) is 0 Å². The van der Waals surface area contributed by atoms with Crippen LogP contribution < -0.4 is 14.8 Å². The van der Waals surface area contributed by atoms with Gasteiger partial charge in [-0.05, 0) is 44.5 Å². The fourth-order valence-corrected chi connectivity index (χ4v) is 2.19. The van der Waals surface area contributed by atoms with Crippen LogP contribution >= 0.6 is 0 Å². The molecule has 0 spiro atoms. The van der Waals surface area contributed by atoms with Crippen molar-refractivity contribution in [2.45, 2.75) is 39.3 Å². The van der Waals surface area contributed by atoms with E-state index in [4.69, 9.17) is 9.47 Å². The van der Waals surface area contributed by atoms with Gasteiger partial charge >= 0.3 is 6.36 Å². The quantitative estimate of drug-likeness (QED) is 0.661. The highest BCUT2D eigenvalue weighted by atomic mass is 19.4. The molecular formula is C20H23F3N2O4. The van der Waals surface area contributed by atoms with Crippen molar-refractivity contribution >= 4 is 5.91 Å². The molecule has 0 aliphatic heterocycles. The van der Waals surface area contributed by atoms with Crippen molar-refractivity contribution in [3.8, 4) is 11.6 Å². The van der Waals surface area contributed by atoms with Crippen molar-refractivity contribution in [1.29, 1.82) is 0 Å². The van der Waals surface area contributed by atoms with Crippen LogP contribution in [0, 0.1) is 0 Å². The van der Waals surface area contributed by atoms with Crippen molar-refractivity contribution in [2.75, 3.05) is 13.2 Å². The monoisotopic (exact) mass is 412 g/mol. The van der Waals surface area contributed by atoms with Crippen molar-refractivity contribution in [3.05, 3.63) is 53.7 Å². The van der Waals surface area contributed by atoms with E-state index in [1.807, 2.05) is 20.8 Å². The van der Waals surface area contributed by atoms with Gasteiger partial charge in [0.15, 0.2) is 0 Å². The zero-order chi connectivity index (χ0) is 21.5. The lowest BCUT2D eigenvalue weighted by atomic mass is 10.2. The second-order valence-corrected chi connectivity index (χ2v) is 7.07. The van der Waals surface area contributed by atoms with E-state index in [-0.39, 0.29) is 23.8 Å². The number of alkyl halides is 3. The molecule has 0 bridgehead atoms. The first-order valence-electron chi connectivity index (χ1n) is 8.87. The second-order valence-electron chi connectivity index (χ2n) is 7.07. The predicted octanol–water partition coefficient (Wildman–Crippen LogP) is 4.10. The number of ether oxygens (including phenoxy) is 3. The van der Waals surface area contributed by atoms with Gasteiger partial charge < -0.3 is 19.5 Å². The van der Waals surface area contributed by atoms with Crippen molar-refractivity contribution in [3.63, 3.8) is 0 Å². The number of aromatic nitrogens is 1. The zero-order valence-corrected chi connectivity index (χ0v) is 16.4. The van der Waals surface area contributed by atoms with Crippen LogP contribution in [0.15, 0.2) is 42.6 Å². The lowest BCUT2D eigenvalue weighted by Gasteiger charge is -2.19. The Balaban J connectivity index is 1.79. The van der Waals surface area contributed by atoms with Gasteiger partial charge in [0.05, 0.1) is 17.8 Å². The molecule has 1 aromatic heterocycles. The van der Waals surface area contributed by atoms with E-state index >= 15 is 0 Å². The molecule has 1 aromatic carbocycles. The maximum atomic E-state index is 12.2. The van der Waals surface area contributed by atoms with Crippen LogP contribution in [0.3, 0.4) is 0 Å². The molecule has 1 N–H and O–H groups in total. The third-order valence-electron chi connectivity index (χ3n) is 3.48. The molecule has 2 rings (SSSR count). The minimum absolute atomic E-state index is 0.146. The van der Waals surface area contributed by atoms with E-state index in [0.29, 0.717) is 30.2 Å². The minimum Gasteiger partial charge on any atom is -0.475 e. The number of halogens is 3. The number of hydrogen-bond donors (Lipinski definition) is 1. The number of amides is 1. The summed E-state index contributed by atoms with van der Waals surface area (Å²) in [6.07, 6.45) is -3.35. The Labute approximate surface area is 167 Å². The normalized spacial score (nSPS) is 11.8. The van der Waals surface area contributed by atoms with Crippen LogP contribution in [-0.4, -0.2) is 36.1 Å². The van der Waals surface area contributed by atoms with Gasteiger partial charge in [-0.25, -0.2) is 4.98 Å². The molecule has 29 heavy (non-hydrogen) atoms. The third kappa shape index (κ3) is 8.82. The van der Waals surface area contributed by atoms with Gasteiger partial charge in [0.1, 0.15) is 12.4 Å². The Hall–Kier alpha value is -2.81. The van der Waals surface area contributed by atoms with Crippen molar-refractivity contribution < 1.29 is 32.2 Å². The number of carbonyl (C=O) groups excluding carboxylic acids is 1. The summed E-state index contributed by atoms with van der Waals surface area (Å²) in [5.41, 5.74) is 0.713. The number of benzene rings is 1. The minimum atomic E-state index is -4.74. The number of nitrogens with one attached hydrogen (secondary N) is 1. The Bertz CT molecular complexity index is 785. The summed E-state index contributed by atoms with van der Waals surface area (Å²) in [6, 6.07) is 8.41. The molecule has 0 saturated carbocycles. The first-order valence-corrected chi connectivity index (χ1v) is 8.87. The summed E-state index contributed by atoms with van der Waals surface area (Å²) in [6.45, 7) is 6.74. The molecule has 0 saturated heterocycles. The lowest BCUT2D eigenvalue weighted by molar-refractivity contribution is -0.274. The maximum absolute atomic E-state index is 12.2. The molecule has 2 aromatic rings. The standard InChI is InChI=1S/C20H23F3N2O4/c1-19(2,3)28-11-10-27-17-9-6-15(13-24-17)18(26)25-12-14-4-7-16(8-5-14)29-20(21,22)23/h4-9,13H,10-12H2,1-3H3,(H,25,26). The number of rotatable bonds is 8. The topological polar surface area (TPSA) is 69.7 Å². The Kier molecular flexibility index (Phi) is 7.44. The second kappa shape index (κ2) is 9.60. The number of pyridine rings is 1. The fraction of sp³-hybridized carbons (Fsp3) is 0.400. The highest BCUT2D eigenvalue weighted by Crippen LogP contribution is 2.22. The van der Waals surface area contributed by atoms with Crippen LogP contribution in [0.5, 0.6) is 11.6 Å². The average molecular weight is 412 g/mol. The van der Waals surface area contributed by atoms with E-state index in [2.05, 4.69) is 15.0 Å². The number of hydrogen-bond acceptors (Lipinski definition) is 5. The summed E-state index contributed by atoms with van der Waals surface area (Å²) >= 11 is 0. The third-order valence-corrected chi connectivity index (χ3v) is 3.48. The van der Waals surface area contributed by atoms with Gasteiger partial charge in [-0.1, -0.05) is 12.1 Å². The summed E-state index contributed by atoms with van der Waals surface area (Å²) in [4.78, 5) is 16.2. The molecular weight excluding hydrogens is 389 g/mol. The molecule has 1 amide bonds. The highest BCUT2D eigenvalue weighted by molar-refractivity contribution is 5.93. The molecule has 9 heteroatoms. The summed E-state index contributed by atoms with van der Waals surface area (Å²) in [7, 11) is 0. The van der Waals surface area contributed by atoms with Crippen molar-refractivity contribution in [2.24, 2.45) is 0 Å². The van der Waals surface area contributed by atoms with E-state index in [1.165, 1.54) is 30.5 Å². The van der Waals surface area contributed by atoms with Crippen LogP contribution in [0.1, 0.15) is 36.7 Å². The number of nitrogens with zero attached hydrogens (tertiary/aromatic N) is 1. The molecule has 6 nitrogen and oxygen atoms in total. The van der Waals surface area contributed by atoms with E-state index in [9.17, 15) is 18.0 Å². The smallest absolute Gasteiger partial charge is 0.475 e. The largest absolute Gasteiger partial charge is 0.573 e. The van der Waals surface area contributed by atoms with Crippen LogP contribution in [0.25, 0.3) is 0 Å². The summed E-state index contributed by atoms with van der Waals surface area (Å²) in [5.74, 6) is -0.310. The Morgan fingerprint density at radius 3 is 2.28 bits per heavy atom. The molecule has 0 aliphatic carbocycles. The predicted molar refractivity (Wildman–Crippen MR) is 99.7 cm³/mol. The lowest BCUT2D eigenvalue weighted by Crippen LogP contribution is -2.23. The molecule has 158 valence electrons. The van der Waals surface area contributed by atoms with Crippen LogP contribution in [0.2, 0.25) is 0 Å². The summed E-state index contributed by atoms with van der Waals surface area (Å²) in [5, 5.41) is 2.67. The average Bonchev–Trinajstić information content (AvgIpc) is 2.63. The number of carbonyl (C=O) groups is 1. The summed E-state index contributed by atoms with van der Waals surface area (Å²) < 4.78 is 51.2. The fourth-order valence-electron chi connectivity index (χ4n) is 2.19. The molecule has 0 radical (unpaired) electrons. The SMILES string of the molecule is CC(C)(C)OCCOc1ccc(C(=O)NCc2ccc(OC(F)(F)F)cc2)cn1. The first-order chi connectivity index (χ1) is 13.5. The molecule has 0 unspecified atom stereocenters. The molecule has 0 atom stereocenters. The molecule has 0 fully saturated rings. The zero-order valence-electron chi connectivity index (χ0n) is 16.4. The highest BCUT2D eigenvalue weighted by Gasteiger charge is 2.30. The molecule has 0 aliphatic rings. The van der Waals surface area contributed by atoms with E-state index in [0.717, 1.165) is 0 Å². The van der Waals surface area contributed by atoms with E-state index < -0.39 is 6.36 Å². The van der Waals surface area contributed by atoms with Gasteiger partial charge in [0.2, 0.25) is 5.88 Å². The van der Waals surface area contributed by atoms with Gasteiger partial charge in [0.25, 0.3) is 5.91 Å². The van der Waals surface area contributed by atoms with Crippen molar-refractivity contribution in [1.82, 2.24) is 10.3 Å². The van der Waals surface area contributed by atoms with Gasteiger partial charge in [-0.15, -0.1) is 13.2 Å². The van der Waals surface area contributed by atoms with E-state index in [1.54, 1.807) is 12.1 Å². The van der Waals surface area contributed by atoms with Crippen LogP contribution in [0.4, 0.5) is 13.2 Å². The Morgan fingerprint density at radius 1 is 1.03 bits per heavy atom. The molecule has 1 heterocycles. The maximum Gasteiger partial charge on any atom is 0.573 e. The van der Waals surface area contributed by atoms with Gasteiger partial charge in [0, 0.05) is 18.8 Å². The Morgan fingerprint density at radius 2 is 1.72 bits per heavy atom. The van der Waals surface area contributed by atoms with Gasteiger partial charge in [-0.3, -0.25) is 4.79 Å². The van der Waals surface area contributed by atoms with Crippen LogP contribution in [-0.2, 0) is 11.3 Å². The first kappa shape index (κ1) is 22.5.